The molecule has 6 rings (SSSR count). The molecule has 63 heavy (non-hydrogen) atoms. The quantitative estimate of drug-likeness (QED) is 0.0325. The summed E-state index contributed by atoms with van der Waals surface area (Å²) in [5, 5.41) is 1.21. The first-order chi connectivity index (χ1) is 30.4. The minimum atomic E-state index is -3.28. The Morgan fingerprint density at radius 1 is 0.619 bits per heavy atom. The van der Waals surface area contributed by atoms with Crippen LogP contribution in [0.5, 0.6) is 11.5 Å². The Bertz CT molecular complexity index is 2420. The number of ether oxygens (including phenoxy) is 4. The van der Waals surface area contributed by atoms with E-state index in [0.717, 1.165) is 31.5 Å². The van der Waals surface area contributed by atoms with Gasteiger partial charge in [-0.15, -0.1) is 22.7 Å². The molecule has 6 aromatic rings. The zero-order chi connectivity index (χ0) is 45.5. The summed E-state index contributed by atoms with van der Waals surface area (Å²) in [6.45, 7) is 12.7. The third kappa shape index (κ3) is 17.4. The van der Waals surface area contributed by atoms with Gasteiger partial charge in [0.1, 0.15) is 35.9 Å². The molecule has 0 saturated heterocycles. The number of esters is 2. The van der Waals surface area contributed by atoms with E-state index >= 15 is 0 Å². The molecule has 0 bridgehead atoms. The van der Waals surface area contributed by atoms with Crippen LogP contribution in [-0.2, 0) is 45.9 Å². The Hall–Kier alpha value is -5.90. The van der Waals surface area contributed by atoms with E-state index in [1.165, 1.54) is 34.9 Å². The lowest BCUT2D eigenvalue weighted by molar-refractivity contribution is -0.140. The lowest BCUT2D eigenvalue weighted by Gasteiger charge is -2.15. The molecule has 0 spiro atoms. The summed E-state index contributed by atoms with van der Waals surface area (Å²) in [6, 6.07) is 23.3. The fourth-order valence-electron chi connectivity index (χ4n) is 5.27. The SMILES string of the molecule is CCOC(=O)/C=C(/c1cncc(OCc2ccccc2)c1)c1ncc(C)s1.CCOC(=O)CP(=O)(OCC)OCC.Cc1cnc(C(=O)c2cncc(OCc3ccccc3)c2)s1. The number of hydrogen-bond acceptors (Lipinski definition) is 16. The van der Waals surface area contributed by atoms with E-state index in [-0.39, 0.29) is 31.8 Å². The molecule has 2 aromatic carbocycles. The molecule has 0 fully saturated rings. The van der Waals surface area contributed by atoms with Crippen molar-refractivity contribution < 1.29 is 46.9 Å². The number of carbonyl (C=O) groups excluding carboxylic acids is 3. The molecule has 0 aliphatic heterocycles. The maximum Gasteiger partial charge on any atom is 0.341 e. The minimum Gasteiger partial charge on any atom is -0.487 e. The summed E-state index contributed by atoms with van der Waals surface area (Å²) in [5.41, 5.74) is 4.04. The number of hydrogen-bond donors (Lipinski definition) is 0. The van der Waals surface area contributed by atoms with Crippen LogP contribution in [-0.4, -0.2) is 70.2 Å². The first-order valence-corrected chi connectivity index (χ1v) is 23.4. The molecule has 0 atom stereocenters. The predicted octanol–water partition coefficient (Wildman–Crippen LogP) is 9.89. The summed E-state index contributed by atoms with van der Waals surface area (Å²) >= 11 is 2.89. The highest BCUT2D eigenvalue weighted by Gasteiger charge is 2.28. The zero-order valence-electron chi connectivity index (χ0n) is 36.1. The monoisotopic (exact) mass is 914 g/mol. The normalized spacial score (nSPS) is 11.0. The summed E-state index contributed by atoms with van der Waals surface area (Å²) in [4.78, 5) is 54.4. The van der Waals surface area contributed by atoms with E-state index in [2.05, 4.69) is 24.7 Å². The number of aromatic nitrogens is 4. The van der Waals surface area contributed by atoms with Crippen molar-refractivity contribution in [2.75, 3.05) is 32.6 Å². The Balaban J connectivity index is 0.000000219. The largest absolute Gasteiger partial charge is 0.487 e. The summed E-state index contributed by atoms with van der Waals surface area (Å²) in [7, 11) is -3.28. The molecule has 0 amide bonds. The standard InChI is InChI=1S/C21H20N2O3S.C17H14N2O2S.C8H17O5P/c1-3-25-20(24)10-19(21-23-11-15(2)27-21)17-9-18(13-22-12-17)26-14-16-7-5-4-6-8-16;1-12-8-19-17(22-12)16(20)14-7-15(10-18-9-14)21-11-13-5-3-2-4-6-13;1-4-11-8(9)7-14(10,12-5-2)13-6-3/h4-13H,3,14H2,1-2H3;2-10H,11H2,1H3;4-7H2,1-3H3/b19-10-;;. The van der Waals surface area contributed by atoms with Gasteiger partial charge in [0.15, 0.2) is 5.01 Å². The van der Waals surface area contributed by atoms with Crippen molar-refractivity contribution in [3.05, 3.63) is 158 Å². The molecule has 17 heteroatoms. The third-order valence-electron chi connectivity index (χ3n) is 7.99. The van der Waals surface area contributed by atoms with Crippen LogP contribution < -0.4 is 9.47 Å². The van der Waals surface area contributed by atoms with Gasteiger partial charge in [0.2, 0.25) is 5.78 Å². The first-order valence-electron chi connectivity index (χ1n) is 20.0. The van der Waals surface area contributed by atoms with Crippen LogP contribution in [0.3, 0.4) is 0 Å². The summed E-state index contributed by atoms with van der Waals surface area (Å²) < 4.78 is 42.9. The average molecular weight is 915 g/mol. The second-order valence-corrected chi connectivity index (χ2v) is 17.5. The first kappa shape index (κ1) is 49.8. The van der Waals surface area contributed by atoms with Gasteiger partial charge in [-0.05, 0) is 64.8 Å². The highest BCUT2D eigenvalue weighted by atomic mass is 32.1. The number of nitrogens with zero attached hydrogens (tertiary/aromatic N) is 4. The van der Waals surface area contributed by atoms with Crippen molar-refractivity contribution in [1.29, 1.82) is 0 Å². The van der Waals surface area contributed by atoms with Gasteiger partial charge in [-0.2, -0.15) is 0 Å². The van der Waals surface area contributed by atoms with Crippen LogP contribution in [0.25, 0.3) is 5.57 Å². The molecule has 14 nitrogen and oxygen atoms in total. The Labute approximate surface area is 375 Å². The third-order valence-corrected chi connectivity index (χ3v) is 11.8. The molecular formula is C46H51N4O10PS2. The molecular weight excluding hydrogens is 864 g/mol. The van der Waals surface area contributed by atoms with Gasteiger partial charge < -0.3 is 28.0 Å². The molecule has 0 unspecified atom stereocenters. The van der Waals surface area contributed by atoms with E-state index in [0.29, 0.717) is 47.5 Å². The van der Waals surface area contributed by atoms with Gasteiger partial charge in [-0.25, -0.2) is 14.8 Å². The van der Waals surface area contributed by atoms with Gasteiger partial charge in [-0.1, -0.05) is 60.7 Å². The van der Waals surface area contributed by atoms with Crippen LogP contribution in [0.2, 0.25) is 0 Å². The molecule has 0 N–H and O–H groups in total. The molecule has 0 aliphatic carbocycles. The Morgan fingerprint density at radius 2 is 1.11 bits per heavy atom. The van der Waals surface area contributed by atoms with Crippen molar-refractivity contribution in [3.63, 3.8) is 0 Å². The van der Waals surface area contributed by atoms with E-state index < -0.39 is 19.5 Å². The molecule has 0 radical (unpaired) electrons. The Morgan fingerprint density at radius 3 is 1.59 bits per heavy atom. The fourth-order valence-corrected chi connectivity index (χ4v) is 8.25. The van der Waals surface area contributed by atoms with E-state index in [9.17, 15) is 18.9 Å². The predicted molar refractivity (Wildman–Crippen MR) is 243 cm³/mol. The summed E-state index contributed by atoms with van der Waals surface area (Å²) in [6.07, 6.45) is 11.1. The zero-order valence-corrected chi connectivity index (χ0v) is 38.6. The highest BCUT2D eigenvalue weighted by Crippen LogP contribution is 2.47. The van der Waals surface area contributed by atoms with Crippen molar-refractivity contribution in [1.82, 2.24) is 19.9 Å². The van der Waals surface area contributed by atoms with Gasteiger partial charge in [-0.3, -0.25) is 24.1 Å². The number of pyridine rings is 2. The fraction of sp³-hybridized carbons (Fsp3) is 0.283. The molecule has 0 aliphatic rings. The van der Waals surface area contributed by atoms with E-state index in [4.69, 9.17) is 23.3 Å². The second kappa shape index (κ2) is 26.5. The number of benzene rings is 2. The molecule has 0 saturated carbocycles. The van der Waals surface area contributed by atoms with Crippen molar-refractivity contribution in [2.24, 2.45) is 0 Å². The van der Waals surface area contributed by atoms with Gasteiger partial charge in [0, 0.05) is 57.3 Å². The summed E-state index contributed by atoms with van der Waals surface area (Å²) in [5.74, 6) is 0.104. The van der Waals surface area contributed by atoms with Crippen molar-refractivity contribution in [3.8, 4) is 11.5 Å². The van der Waals surface area contributed by atoms with Crippen LogP contribution >= 0.6 is 30.3 Å². The number of aryl methyl sites for hydroxylation is 2. The maximum atomic E-state index is 12.3. The Kier molecular flexibility index (Phi) is 21.0. The van der Waals surface area contributed by atoms with Crippen molar-refractivity contribution in [2.45, 2.75) is 54.8 Å². The van der Waals surface area contributed by atoms with Crippen LogP contribution in [0, 0.1) is 13.8 Å². The molecule has 4 aromatic heterocycles. The molecule has 4 heterocycles. The van der Waals surface area contributed by atoms with Crippen LogP contribution in [0.15, 0.2) is 116 Å². The topological polar surface area (TPSA) is 175 Å². The van der Waals surface area contributed by atoms with E-state index in [1.807, 2.05) is 80.6 Å². The van der Waals surface area contributed by atoms with E-state index in [1.54, 1.807) is 64.7 Å². The average Bonchev–Trinajstić information content (AvgIpc) is 3.93. The lowest BCUT2D eigenvalue weighted by Crippen LogP contribution is -2.12. The number of rotatable bonds is 19. The number of carbonyl (C=O) groups is 3. The second-order valence-electron chi connectivity index (χ2n) is 13.0. The van der Waals surface area contributed by atoms with Gasteiger partial charge in [0.25, 0.3) is 0 Å². The smallest absolute Gasteiger partial charge is 0.341 e. The van der Waals surface area contributed by atoms with Crippen molar-refractivity contribution >= 4 is 53.6 Å². The van der Waals surface area contributed by atoms with Gasteiger partial charge in [0.05, 0.1) is 38.8 Å². The highest BCUT2D eigenvalue weighted by molar-refractivity contribution is 7.54. The van der Waals surface area contributed by atoms with Crippen LogP contribution in [0.1, 0.15) is 74.5 Å². The maximum absolute atomic E-state index is 12.3. The lowest BCUT2D eigenvalue weighted by atomic mass is 10.1. The minimum absolute atomic E-state index is 0.129. The van der Waals surface area contributed by atoms with Crippen LogP contribution in [0.4, 0.5) is 0 Å². The molecule has 332 valence electrons. The number of thiazole rings is 2. The van der Waals surface area contributed by atoms with Gasteiger partial charge >= 0.3 is 19.5 Å². The number of ketones is 1.